The largest absolute Gasteiger partial charge is 0.381 e. The highest BCUT2D eigenvalue weighted by Crippen LogP contribution is 2.38. The fourth-order valence-corrected chi connectivity index (χ4v) is 4.87. The molecule has 4 rings (SSSR count). The van der Waals surface area contributed by atoms with Gasteiger partial charge in [-0.05, 0) is 48.9 Å². The molecule has 3 nitrogen and oxygen atoms in total. The van der Waals surface area contributed by atoms with E-state index in [1.807, 2.05) is 30.3 Å². The Kier molecular flexibility index (Phi) is 6.03. The van der Waals surface area contributed by atoms with Crippen molar-refractivity contribution < 1.29 is 9.53 Å². The number of amides is 1. The van der Waals surface area contributed by atoms with Crippen molar-refractivity contribution in [1.82, 2.24) is 4.90 Å². The van der Waals surface area contributed by atoms with Crippen molar-refractivity contribution in [1.29, 1.82) is 0 Å². The Morgan fingerprint density at radius 3 is 2.43 bits per heavy atom. The van der Waals surface area contributed by atoms with Crippen LogP contribution < -0.4 is 0 Å². The molecular weight excluding hydrogens is 370 g/mol. The number of ether oxygens (including phenoxy) is 1. The number of carbonyl (C=O) groups is 1. The summed E-state index contributed by atoms with van der Waals surface area (Å²) < 4.78 is 5.63. The Labute approximate surface area is 172 Å². The highest BCUT2D eigenvalue weighted by Gasteiger charge is 2.44. The number of carbonyl (C=O) groups excluding carboxylic acids is 1. The van der Waals surface area contributed by atoms with E-state index in [2.05, 4.69) is 29.2 Å². The van der Waals surface area contributed by atoms with Gasteiger partial charge in [-0.2, -0.15) is 0 Å². The molecule has 2 aliphatic rings. The minimum absolute atomic E-state index is 0.280. The molecule has 0 N–H and O–H groups in total. The van der Waals surface area contributed by atoms with Crippen LogP contribution in [0.15, 0.2) is 54.6 Å². The van der Waals surface area contributed by atoms with E-state index in [9.17, 15) is 4.79 Å². The molecule has 0 bridgehead atoms. The smallest absolute Gasteiger partial charge is 0.233 e. The summed E-state index contributed by atoms with van der Waals surface area (Å²) in [6, 6.07) is 18.5. The first kappa shape index (κ1) is 19.5. The molecule has 2 fully saturated rings. The lowest BCUT2D eigenvalue weighted by molar-refractivity contribution is -0.141. The van der Waals surface area contributed by atoms with E-state index in [0.29, 0.717) is 19.1 Å². The van der Waals surface area contributed by atoms with Crippen LogP contribution in [-0.2, 0) is 14.9 Å². The van der Waals surface area contributed by atoms with Gasteiger partial charge in [0.05, 0.1) is 5.41 Å². The maximum Gasteiger partial charge on any atom is 0.233 e. The summed E-state index contributed by atoms with van der Waals surface area (Å²) in [6.45, 7) is 2.93. The van der Waals surface area contributed by atoms with Crippen molar-refractivity contribution in [2.45, 2.75) is 43.4 Å². The molecule has 1 atom stereocenters. The van der Waals surface area contributed by atoms with E-state index in [1.54, 1.807) is 0 Å². The van der Waals surface area contributed by atoms with Crippen molar-refractivity contribution in [3.05, 3.63) is 70.7 Å². The molecule has 2 aliphatic heterocycles. The third kappa shape index (κ3) is 3.97. The number of benzene rings is 2. The maximum atomic E-state index is 13.9. The summed E-state index contributed by atoms with van der Waals surface area (Å²) in [5, 5.41) is 0.760. The fourth-order valence-electron chi connectivity index (χ4n) is 4.74. The second-order valence-corrected chi connectivity index (χ2v) is 8.49. The standard InChI is InChI=1S/C24H28ClNO2/c25-22-11-9-19(10-12-22)20-6-4-5-15-26(18-20)23(27)24(13-16-28-17-14-24)21-7-2-1-3-8-21/h1-3,7-12,20H,4-6,13-18H2. The van der Waals surface area contributed by atoms with E-state index in [-0.39, 0.29) is 5.91 Å². The first-order valence-electron chi connectivity index (χ1n) is 10.4. The van der Waals surface area contributed by atoms with Crippen molar-refractivity contribution in [2.75, 3.05) is 26.3 Å². The van der Waals surface area contributed by atoms with Gasteiger partial charge in [-0.1, -0.05) is 60.5 Å². The first-order valence-corrected chi connectivity index (χ1v) is 10.7. The molecule has 0 radical (unpaired) electrons. The number of hydrogen-bond donors (Lipinski definition) is 0. The zero-order valence-electron chi connectivity index (χ0n) is 16.3. The Hall–Kier alpha value is -1.84. The molecule has 0 spiro atoms. The number of halogens is 1. The number of nitrogens with zero attached hydrogens (tertiary/aromatic N) is 1. The van der Waals surface area contributed by atoms with Gasteiger partial charge in [0.1, 0.15) is 0 Å². The zero-order valence-corrected chi connectivity index (χ0v) is 17.0. The minimum atomic E-state index is -0.450. The van der Waals surface area contributed by atoms with Crippen LogP contribution in [0.1, 0.15) is 49.1 Å². The summed E-state index contributed by atoms with van der Waals surface area (Å²) in [4.78, 5) is 16.0. The van der Waals surface area contributed by atoms with E-state index >= 15 is 0 Å². The molecule has 28 heavy (non-hydrogen) atoms. The Morgan fingerprint density at radius 1 is 1.00 bits per heavy atom. The Morgan fingerprint density at radius 2 is 1.71 bits per heavy atom. The van der Waals surface area contributed by atoms with Gasteiger partial charge in [0.2, 0.25) is 5.91 Å². The fraction of sp³-hybridized carbons (Fsp3) is 0.458. The topological polar surface area (TPSA) is 29.5 Å². The normalized spacial score (nSPS) is 22.5. The molecule has 1 amide bonds. The summed E-state index contributed by atoms with van der Waals surface area (Å²) >= 11 is 6.07. The molecule has 0 saturated carbocycles. The van der Waals surface area contributed by atoms with Gasteiger partial charge >= 0.3 is 0 Å². The predicted octanol–water partition coefficient (Wildman–Crippen LogP) is 5.18. The van der Waals surface area contributed by atoms with Gasteiger partial charge in [0.25, 0.3) is 0 Å². The van der Waals surface area contributed by atoms with Crippen LogP contribution in [-0.4, -0.2) is 37.1 Å². The predicted molar refractivity (Wildman–Crippen MR) is 113 cm³/mol. The number of hydrogen-bond acceptors (Lipinski definition) is 2. The average molecular weight is 398 g/mol. The lowest BCUT2D eigenvalue weighted by Gasteiger charge is -2.40. The Bertz CT molecular complexity index is 784. The average Bonchev–Trinajstić information content (AvgIpc) is 3.01. The lowest BCUT2D eigenvalue weighted by Crippen LogP contribution is -2.50. The number of rotatable bonds is 3. The van der Waals surface area contributed by atoms with Gasteiger partial charge in [-0.3, -0.25) is 4.79 Å². The summed E-state index contributed by atoms with van der Waals surface area (Å²) in [6.07, 6.45) is 4.86. The SMILES string of the molecule is O=C(N1CCCCC(c2ccc(Cl)cc2)C1)C1(c2ccccc2)CCOCC1. The van der Waals surface area contributed by atoms with Gasteiger partial charge in [0, 0.05) is 37.2 Å². The molecule has 2 aromatic rings. The monoisotopic (exact) mass is 397 g/mol. The van der Waals surface area contributed by atoms with E-state index in [4.69, 9.17) is 16.3 Å². The Balaban J connectivity index is 1.61. The van der Waals surface area contributed by atoms with Crippen LogP contribution in [0, 0.1) is 0 Å². The van der Waals surface area contributed by atoms with Crippen LogP contribution in [0.25, 0.3) is 0 Å². The van der Waals surface area contributed by atoms with Crippen LogP contribution >= 0.6 is 11.6 Å². The third-order valence-corrected chi connectivity index (χ3v) is 6.63. The molecule has 2 aromatic carbocycles. The van der Waals surface area contributed by atoms with Crippen LogP contribution in [0.3, 0.4) is 0 Å². The van der Waals surface area contributed by atoms with Crippen LogP contribution in [0.5, 0.6) is 0 Å². The van der Waals surface area contributed by atoms with E-state index < -0.39 is 5.41 Å². The van der Waals surface area contributed by atoms with Crippen molar-refractivity contribution in [3.63, 3.8) is 0 Å². The van der Waals surface area contributed by atoms with Crippen molar-refractivity contribution >= 4 is 17.5 Å². The molecule has 148 valence electrons. The van der Waals surface area contributed by atoms with Crippen molar-refractivity contribution in [3.8, 4) is 0 Å². The molecule has 4 heteroatoms. The van der Waals surface area contributed by atoms with Crippen LogP contribution in [0.2, 0.25) is 5.02 Å². The highest BCUT2D eigenvalue weighted by molar-refractivity contribution is 6.30. The molecule has 2 heterocycles. The molecule has 0 aromatic heterocycles. The summed E-state index contributed by atoms with van der Waals surface area (Å²) in [7, 11) is 0. The summed E-state index contributed by atoms with van der Waals surface area (Å²) in [5.41, 5.74) is 1.97. The van der Waals surface area contributed by atoms with Crippen LogP contribution in [0.4, 0.5) is 0 Å². The van der Waals surface area contributed by atoms with Gasteiger partial charge in [-0.15, -0.1) is 0 Å². The third-order valence-electron chi connectivity index (χ3n) is 6.38. The number of likely N-dealkylation sites (tertiary alicyclic amines) is 1. The molecular formula is C24H28ClNO2. The van der Waals surface area contributed by atoms with E-state index in [0.717, 1.165) is 55.8 Å². The van der Waals surface area contributed by atoms with E-state index in [1.165, 1.54) is 5.56 Å². The van der Waals surface area contributed by atoms with Gasteiger partial charge < -0.3 is 9.64 Å². The van der Waals surface area contributed by atoms with Gasteiger partial charge in [-0.25, -0.2) is 0 Å². The highest BCUT2D eigenvalue weighted by atomic mass is 35.5. The summed E-state index contributed by atoms with van der Waals surface area (Å²) in [5.74, 6) is 0.652. The molecule has 2 saturated heterocycles. The zero-order chi connectivity index (χ0) is 19.4. The van der Waals surface area contributed by atoms with Gasteiger partial charge in [0.15, 0.2) is 0 Å². The first-order chi connectivity index (χ1) is 13.7. The second-order valence-electron chi connectivity index (χ2n) is 8.06. The molecule has 0 aliphatic carbocycles. The molecule has 1 unspecified atom stereocenters. The second kappa shape index (κ2) is 8.67. The lowest BCUT2D eigenvalue weighted by atomic mass is 9.73. The minimum Gasteiger partial charge on any atom is -0.381 e. The van der Waals surface area contributed by atoms with Crippen molar-refractivity contribution in [2.24, 2.45) is 0 Å². The quantitative estimate of drug-likeness (QED) is 0.713. The maximum absolute atomic E-state index is 13.9.